The second-order valence-corrected chi connectivity index (χ2v) is 3.99. The maximum Gasteiger partial charge on any atom is 0.256 e. The number of aryl methyl sites for hydroxylation is 1. The lowest BCUT2D eigenvalue weighted by Gasteiger charge is -2.00. The summed E-state index contributed by atoms with van der Waals surface area (Å²) in [6.45, 7) is 1.76. The van der Waals surface area contributed by atoms with Gasteiger partial charge >= 0.3 is 0 Å². The third kappa shape index (κ3) is 1.46. The van der Waals surface area contributed by atoms with E-state index in [1.54, 1.807) is 13.0 Å². The lowest BCUT2D eigenvalue weighted by atomic mass is 10.1. The lowest BCUT2D eigenvalue weighted by Crippen LogP contribution is -2.07. The molecular weight excluding hydrogens is 249 g/mol. The maximum atomic E-state index is 13.2. The van der Waals surface area contributed by atoms with Gasteiger partial charge in [-0.1, -0.05) is 0 Å². The van der Waals surface area contributed by atoms with Crippen LogP contribution >= 0.6 is 15.9 Å². The summed E-state index contributed by atoms with van der Waals surface area (Å²) in [4.78, 5) is 14.1. The molecule has 0 radical (unpaired) electrons. The van der Waals surface area contributed by atoms with E-state index in [1.807, 2.05) is 0 Å². The van der Waals surface area contributed by atoms with E-state index < -0.39 is 0 Å². The number of benzene rings is 1. The molecule has 72 valence electrons. The van der Waals surface area contributed by atoms with Gasteiger partial charge in [-0.05, 0) is 46.4 Å². The molecule has 2 aromatic rings. The van der Waals surface area contributed by atoms with Crippen molar-refractivity contribution < 1.29 is 4.39 Å². The predicted octanol–water partition coefficient (Wildman–Crippen LogP) is 2.74. The summed E-state index contributed by atoms with van der Waals surface area (Å²) in [5, 5.41) is 1.11. The van der Waals surface area contributed by atoms with E-state index in [-0.39, 0.29) is 11.4 Å². The van der Waals surface area contributed by atoms with Gasteiger partial charge in [0.1, 0.15) is 5.82 Å². The normalized spacial score (nSPS) is 10.8. The van der Waals surface area contributed by atoms with Crippen molar-refractivity contribution in [1.29, 1.82) is 0 Å². The molecule has 2 rings (SSSR count). The molecule has 1 aromatic carbocycles. The third-order valence-corrected chi connectivity index (χ3v) is 2.63. The van der Waals surface area contributed by atoms with Crippen LogP contribution in [0.4, 0.5) is 4.39 Å². The van der Waals surface area contributed by atoms with Crippen molar-refractivity contribution in [1.82, 2.24) is 4.98 Å². The molecular formula is C10H7BrFNO. The summed E-state index contributed by atoms with van der Waals surface area (Å²) in [5.41, 5.74) is 0.532. The highest BCUT2D eigenvalue weighted by Crippen LogP contribution is 2.21. The Morgan fingerprint density at radius 2 is 2.07 bits per heavy atom. The minimum absolute atomic E-state index is 0.194. The van der Waals surface area contributed by atoms with Gasteiger partial charge in [-0.2, -0.15) is 0 Å². The van der Waals surface area contributed by atoms with Gasteiger partial charge in [0.05, 0.1) is 4.47 Å². The van der Waals surface area contributed by atoms with Crippen LogP contribution in [-0.4, -0.2) is 4.98 Å². The minimum Gasteiger partial charge on any atom is -0.326 e. The Balaban J connectivity index is 2.96. The quantitative estimate of drug-likeness (QED) is 0.772. The molecule has 4 heteroatoms. The van der Waals surface area contributed by atoms with Gasteiger partial charge in [-0.3, -0.25) is 4.79 Å². The average molecular weight is 256 g/mol. The topological polar surface area (TPSA) is 32.9 Å². The van der Waals surface area contributed by atoms with Crippen molar-refractivity contribution in [3.63, 3.8) is 0 Å². The van der Waals surface area contributed by atoms with E-state index in [4.69, 9.17) is 0 Å². The van der Waals surface area contributed by atoms with Crippen molar-refractivity contribution in [2.24, 2.45) is 0 Å². The fourth-order valence-electron chi connectivity index (χ4n) is 1.39. The van der Waals surface area contributed by atoms with Gasteiger partial charge < -0.3 is 4.98 Å². The molecule has 1 N–H and O–H groups in total. The molecule has 0 aliphatic carbocycles. The first-order valence-corrected chi connectivity index (χ1v) is 4.86. The van der Waals surface area contributed by atoms with Crippen LogP contribution in [0.3, 0.4) is 0 Å². The molecule has 0 amide bonds. The highest BCUT2D eigenvalue weighted by atomic mass is 79.9. The zero-order chi connectivity index (χ0) is 10.3. The van der Waals surface area contributed by atoms with Gasteiger partial charge in [0.15, 0.2) is 0 Å². The molecule has 0 saturated carbocycles. The first kappa shape index (κ1) is 9.40. The number of aromatic nitrogens is 1. The Morgan fingerprint density at radius 3 is 2.79 bits per heavy atom. The molecule has 1 heterocycles. The van der Waals surface area contributed by atoms with Crippen LogP contribution in [0.2, 0.25) is 0 Å². The number of hydrogen-bond acceptors (Lipinski definition) is 1. The fraction of sp³-hybridized carbons (Fsp3) is 0.100. The number of H-pyrrole nitrogens is 1. The zero-order valence-corrected chi connectivity index (χ0v) is 8.98. The SMILES string of the molecule is Cc1cc2cc(F)c(Br)cc2c(=O)[nH]1. The van der Waals surface area contributed by atoms with Gasteiger partial charge in [-0.15, -0.1) is 0 Å². The van der Waals surface area contributed by atoms with Crippen LogP contribution in [0, 0.1) is 12.7 Å². The average Bonchev–Trinajstić information content (AvgIpc) is 2.08. The van der Waals surface area contributed by atoms with E-state index in [2.05, 4.69) is 20.9 Å². The number of hydrogen-bond donors (Lipinski definition) is 1. The summed E-state index contributed by atoms with van der Waals surface area (Å²) in [7, 11) is 0. The van der Waals surface area contributed by atoms with Crippen molar-refractivity contribution >= 4 is 26.7 Å². The summed E-state index contributed by atoms with van der Waals surface area (Å²) in [5.74, 6) is -0.359. The first-order chi connectivity index (χ1) is 6.58. The van der Waals surface area contributed by atoms with Gasteiger partial charge in [0.2, 0.25) is 0 Å². The number of fused-ring (bicyclic) bond motifs is 1. The highest BCUT2D eigenvalue weighted by molar-refractivity contribution is 9.10. The standard InChI is InChI=1S/C10H7BrFNO/c1-5-2-6-3-9(12)8(11)4-7(6)10(14)13-5/h2-4H,1H3,(H,13,14). The second-order valence-electron chi connectivity index (χ2n) is 3.14. The van der Waals surface area contributed by atoms with Crippen molar-refractivity contribution in [2.45, 2.75) is 6.92 Å². The van der Waals surface area contributed by atoms with E-state index in [0.29, 0.717) is 15.2 Å². The van der Waals surface area contributed by atoms with Crippen molar-refractivity contribution in [3.8, 4) is 0 Å². The van der Waals surface area contributed by atoms with Crippen LogP contribution in [0.1, 0.15) is 5.69 Å². The number of rotatable bonds is 0. The Morgan fingerprint density at radius 1 is 1.36 bits per heavy atom. The lowest BCUT2D eigenvalue weighted by molar-refractivity contribution is 0.623. The zero-order valence-electron chi connectivity index (χ0n) is 7.40. The number of pyridine rings is 1. The molecule has 0 bridgehead atoms. The number of halogens is 2. The van der Waals surface area contributed by atoms with E-state index >= 15 is 0 Å². The summed E-state index contributed by atoms with van der Waals surface area (Å²) in [6.07, 6.45) is 0. The largest absolute Gasteiger partial charge is 0.326 e. The molecule has 0 atom stereocenters. The van der Waals surface area contributed by atoms with E-state index in [0.717, 1.165) is 5.69 Å². The monoisotopic (exact) mass is 255 g/mol. The third-order valence-electron chi connectivity index (χ3n) is 2.02. The van der Waals surface area contributed by atoms with Gasteiger partial charge in [0, 0.05) is 11.1 Å². The van der Waals surface area contributed by atoms with Gasteiger partial charge in [0.25, 0.3) is 5.56 Å². The molecule has 0 spiro atoms. The highest BCUT2D eigenvalue weighted by Gasteiger charge is 2.05. The molecule has 2 nitrogen and oxygen atoms in total. The first-order valence-electron chi connectivity index (χ1n) is 4.06. The van der Waals surface area contributed by atoms with Crippen LogP contribution in [0.15, 0.2) is 27.5 Å². The molecule has 0 aliphatic rings. The Labute approximate surface area is 87.9 Å². The van der Waals surface area contributed by atoms with Crippen molar-refractivity contribution in [2.75, 3.05) is 0 Å². The van der Waals surface area contributed by atoms with Gasteiger partial charge in [-0.25, -0.2) is 4.39 Å². The second kappa shape index (κ2) is 3.20. The Bertz CT molecular complexity index is 562. The summed E-state index contributed by atoms with van der Waals surface area (Å²) < 4.78 is 13.5. The van der Waals surface area contributed by atoms with Crippen LogP contribution < -0.4 is 5.56 Å². The van der Waals surface area contributed by atoms with Crippen LogP contribution in [0.25, 0.3) is 10.8 Å². The Kier molecular flexibility index (Phi) is 2.15. The molecule has 1 aromatic heterocycles. The summed E-state index contributed by atoms with van der Waals surface area (Å²) in [6, 6.07) is 4.58. The molecule has 14 heavy (non-hydrogen) atoms. The maximum absolute atomic E-state index is 13.2. The molecule has 0 saturated heterocycles. The smallest absolute Gasteiger partial charge is 0.256 e. The minimum atomic E-state index is -0.359. The van der Waals surface area contributed by atoms with E-state index in [9.17, 15) is 9.18 Å². The van der Waals surface area contributed by atoms with Crippen LogP contribution in [-0.2, 0) is 0 Å². The number of aromatic amines is 1. The Hall–Kier alpha value is -1.16. The van der Waals surface area contributed by atoms with Crippen LogP contribution in [0.5, 0.6) is 0 Å². The van der Waals surface area contributed by atoms with Crippen molar-refractivity contribution in [3.05, 3.63) is 44.5 Å². The molecule has 0 fully saturated rings. The summed E-state index contributed by atoms with van der Waals surface area (Å²) >= 11 is 3.04. The number of nitrogens with one attached hydrogen (secondary N) is 1. The fourth-order valence-corrected chi connectivity index (χ4v) is 1.74. The molecule has 0 unspecified atom stereocenters. The predicted molar refractivity (Wildman–Crippen MR) is 57.0 cm³/mol. The molecule has 0 aliphatic heterocycles. The van der Waals surface area contributed by atoms with E-state index in [1.165, 1.54) is 12.1 Å².